The minimum Gasteiger partial charge on any atom is -0.352 e. The van der Waals surface area contributed by atoms with Crippen LogP contribution in [-0.4, -0.2) is 66.4 Å². The van der Waals surface area contributed by atoms with Crippen molar-refractivity contribution in [2.75, 3.05) is 38.0 Å². The summed E-state index contributed by atoms with van der Waals surface area (Å²) in [5, 5.41) is 5.89. The molecule has 1 saturated heterocycles. The molecule has 6 nitrogen and oxygen atoms in total. The summed E-state index contributed by atoms with van der Waals surface area (Å²) < 4.78 is 13.8. The molecule has 8 heteroatoms. The predicted molar refractivity (Wildman–Crippen MR) is 98.7 cm³/mol. The standard InChI is InChI=1S/C18H24ClFN4O2/c1-12(18(26)22-16-5-2-13(19)10-15(16)20)24-8-6-23(7-9-24)11-17(25)21-14-3-4-14/h2,5,10,12,14H,3-4,6-9,11H2,1H3,(H,21,25)(H,22,26)/t12-/m0/s1. The highest BCUT2D eigenvalue weighted by molar-refractivity contribution is 6.30. The molecular formula is C18H24ClFN4O2. The second kappa shape index (κ2) is 8.33. The van der Waals surface area contributed by atoms with Gasteiger partial charge in [-0.15, -0.1) is 0 Å². The molecular weight excluding hydrogens is 359 g/mol. The maximum Gasteiger partial charge on any atom is 0.241 e. The molecule has 1 aromatic rings. The summed E-state index contributed by atoms with van der Waals surface area (Å²) in [6.07, 6.45) is 2.17. The fraction of sp³-hybridized carbons (Fsp3) is 0.556. The van der Waals surface area contributed by atoms with E-state index in [2.05, 4.69) is 15.5 Å². The van der Waals surface area contributed by atoms with Gasteiger partial charge in [0.1, 0.15) is 5.82 Å². The predicted octanol–water partition coefficient (Wildman–Crippen LogP) is 1.70. The highest BCUT2D eigenvalue weighted by Crippen LogP contribution is 2.20. The molecule has 2 fully saturated rings. The lowest BCUT2D eigenvalue weighted by Crippen LogP contribution is -2.54. The summed E-state index contributed by atoms with van der Waals surface area (Å²) in [5.74, 6) is -0.736. The average molecular weight is 383 g/mol. The van der Waals surface area contributed by atoms with Gasteiger partial charge in [-0.2, -0.15) is 0 Å². The zero-order valence-corrected chi connectivity index (χ0v) is 15.6. The molecule has 26 heavy (non-hydrogen) atoms. The first-order chi connectivity index (χ1) is 12.4. The molecule has 2 amide bonds. The Labute approximate surface area is 157 Å². The van der Waals surface area contributed by atoms with Gasteiger partial charge in [-0.05, 0) is 38.0 Å². The van der Waals surface area contributed by atoms with Gasteiger partial charge < -0.3 is 10.6 Å². The number of amides is 2. The van der Waals surface area contributed by atoms with Crippen LogP contribution >= 0.6 is 11.6 Å². The topological polar surface area (TPSA) is 64.7 Å². The number of halogens is 2. The Bertz CT molecular complexity index is 675. The molecule has 0 bridgehead atoms. The van der Waals surface area contributed by atoms with Gasteiger partial charge in [0, 0.05) is 37.2 Å². The van der Waals surface area contributed by atoms with Gasteiger partial charge in [0.15, 0.2) is 0 Å². The second-order valence-electron chi connectivity index (χ2n) is 6.94. The Balaban J connectivity index is 1.45. The third kappa shape index (κ3) is 5.16. The van der Waals surface area contributed by atoms with Gasteiger partial charge in [0.05, 0.1) is 18.3 Å². The van der Waals surface area contributed by atoms with E-state index in [-0.39, 0.29) is 28.6 Å². The smallest absolute Gasteiger partial charge is 0.241 e. The molecule has 0 spiro atoms. The summed E-state index contributed by atoms with van der Waals surface area (Å²) in [6, 6.07) is 4.16. The van der Waals surface area contributed by atoms with Crippen molar-refractivity contribution in [1.82, 2.24) is 15.1 Å². The molecule has 2 N–H and O–H groups in total. The van der Waals surface area contributed by atoms with Crippen LogP contribution in [0.5, 0.6) is 0 Å². The summed E-state index contributed by atoms with van der Waals surface area (Å²) in [4.78, 5) is 28.4. The van der Waals surface area contributed by atoms with Crippen LogP contribution in [0.4, 0.5) is 10.1 Å². The normalized spacial score (nSPS) is 19.8. The van der Waals surface area contributed by atoms with E-state index in [1.165, 1.54) is 18.2 Å². The number of carbonyl (C=O) groups excluding carboxylic acids is 2. The first-order valence-corrected chi connectivity index (χ1v) is 9.32. The van der Waals surface area contributed by atoms with Gasteiger partial charge in [0.2, 0.25) is 11.8 Å². The van der Waals surface area contributed by atoms with Gasteiger partial charge in [-0.3, -0.25) is 19.4 Å². The fourth-order valence-corrected chi connectivity index (χ4v) is 3.17. The van der Waals surface area contributed by atoms with E-state index in [4.69, 9.17) is 11.6 Å². The van der Waals surface area contributed by atoms with Crippen LogP contribution < -0.4 is 10.6 Å². The van der Waals surface area contributed by atoms with Crippen molar-refractivity contribution in [2.24, 2.45) is 0 Å². The third-order valence-corrected chi connectivity index (χ3v) is 5.07. The Morgan fingerprint density at radius 3 is 2.58 bits per heavy atom. The maximum atomic E-state index is 13.8. The molecule has 1 saturated carbocycles. The van der Waals surface area contributed by atoms with Crippen LogP contribution in [0.1, 0.15) is 19.8 Å². The maximum absolute atomic E-state index is 13.8. The Hall–Kier alpha value is -1.70. The number of carbonyl (C=O) groups is 2. The highest BCUT2D eigenvalue weighted by atomic mass is 35.5. The summed E-state index contributed by atoms with van der Waals surface area (Å²) in [7, 11) is 0. The van der Waals surface area contributed by atoms with Crippen LogP contribution in [0.15, 0.2) is 18.2 Å². The monoisotopic (exact) mass is 382 g/mol. The van der Waals surface area contributed by atoms with Crippen LogP contribution in [0.25, 0.3) is 0 Å². The Morgan fingerprint density at radius 1 is 1.27 bits per heavy atom. The largest absolute Gasteiger partial charge is 0.352 e. The number of nitrogens with zero attached hydrogens (tertiary/aromatic N) is 2. The highest BCUT2D eigenvalue weighted by Gasteiger charge is 2.28. The van der Waals surface area contributed by atoms with Gasteiger partial charge >= 0.3 is 0 Å². The number of benzene rings is 1. The molecule has 0 radical (unpaired) electrons. The first-order valence-electron chi connectivity index (χ1n) is 8.94. The van der Waals surface area contributed by atoms with Gasteiger partial charge in [0.25, 0.3) is 0 Å². The molecule has 1 aliphatic carbocycles. The Morgan fingerprint density at radius 2 is 1.96 bits per heavy atom. The second-order valence-corrected chi connectivity index (χ2v) is 7.38. The van der Waals surface area contributed by atoms with Crippen molar-refractivity contribution in [1.29, 1.82) is 0 Å². The SMILES string of the molecule is C[C@@H](C(=O)Nc1ccc(Cl)cc1F)N1CCN(CC(=O)NC2CC2)CC1. The minimum atomic E-state index is -0.551. The Kier molecular flexibility index (Phi) is 6.11. The number of hydrogen-bond donors (Lipinski definition) is 2. The lowest BCUT2D eigenvalue weighted by Gasteiger charge is -2.37. The van der Waals surface area contributed by atoms with E-state index in [1.54, 1.807) is 6.92 Å². The minimum absolute atomic E-state index is 0.0740. The van der Waals surface area contributed by atoms with E-state index in [1.807, 2.05) is 4.90 Å². The average Bonchev–Trinajstić information content (AvgIpc) is 3.41. The molecule has 1 atom stereocenters. The molecule has 142 valence electrons. The van der Waals surface area contributed by atoms with Crippen LogP contribution in [0.2, 0.25) is 5.02 Å². The van der Waals surface area contributed by atoms with Crippen molar-refractivity contribution in [3.8, 4) is 0 Å². The van der Waals surface area contributed by atoms with E-state index in [9.17, 15) is 14.0 Å². The molecule has 1 heterocycles. The van der Waals surface area contributed by atoms with Crippen molar-refractivity contribution >= 4 is 29.1 Å². The quantitative estimate of drug-likeness (QED) is 0.786. The lowest BCUT2D eigenvalue weighted by molar-refractivity contribution is -0.124. The molecule has 1 aliphatic heterocycles. The van der Waals surface area contributed by atoms with E-state index < -0.39 is 5.82 Å². The molecule has 0 unspecified atom stereocenters. The first kappa shape index (κ1) is 19.1. The van der Waals surface area contributed by atoms with Crippen LogP contribution in [0.3, 0.4) is 0 Å². The summed E-state index contributed by atoms with van der Waals surface area (Å²) in [6.45, 7) is 5.04. The van der Waals surface area contributed by atoms with Gasteiger partial charge in [-0.25, -0.2) is 4.39 Å². The van der Waals surface area contributed by atoms with Crippen molar-refractivity contribution in [2.45, 2.75) is 31.8 Å². The lowest BCUT2D eigenvalue weighted by atomic mass is 10.2. The zero-order valence-electron chi connectivity index (χ0n) is 14.8. The summed E-state index contributed by atoms with van der Waals surface area (Å²) in [5.41, 5.74) is 0.127. The zero-order chi connectivity index (χ0) is 18.7. The van der Waals surface area contributed by atoms with Gasteiger partial charge in [-0.1, -0.05) is 11.6 Å². The number of hydrogen-bond acceptors (Lipinski definition) is 4. The number of rotatable bonds is 6. The summed E-state index contributed by atoms with van der Waals surface area (Å²) >= 11 is 5.72. The molecule has 1 aromatic carbocycles. The van der Waals surface area contributed by atoms with Crippen molar-refractivity contribution in [3.63, 3.8) is 0 Å². The molecule has 2 aliphatic rings. The molecule has 3 rings (SSSR count). The molecule has 0 aromatic heterocycles. The third-order valence-electron chi connectivity index (χ3n) is 4.83. The van der Waals surface area contributed by atoms with Crippen molar-refractivity contribution in [3.05, 3.63) is 29.0 Å². The van der Waals surface area contributed by atoms with Crippen LogP contribution in [0, 0.1) is 5.82 Å². The number of piperazine rings is 1. The van der Waals surface area contributed by atoms with E-state index in [0.29, 0.717) is 25.7 Å². The fourth-order valence-electron chi connectivity index (χ4n) is 3.01. The van der Waals surface area contributed by atoms with Crippen LogP contribution in [-0.2, 0) is 9.59 Å². The van der Waals surface area contributed by atoms with E-state index >= 15 is 0 Å². The number of anilines is 1. The van der Waals surface area contributed by atoms with Crippen molar-refractivity contribution < 1.29 is 14.0 Å². The van der Waals surface area contributed by atoms with E-state index in [0.717, 1.165) is 25.9 Å². The number of nitrogens with one attached hydrogen (secondary N) is 2.